The third-order valence-corrected chi connectivity index (χ3v) is 19.4. The van der Waals surface area contributed by atoms with E-state index in [0.29, 0.717) is 0 Å². The van der Waals surface area contributed by atoms with Gasteiger partial charge in [0.2, 0.25) is 0 Å². The number of para-hydroxylation sites is 2. The first kappa shape index (κ1) is 57.8. The molecule has 2 aromatic heterocycles. The number of rotatable bonds is 14. The molecular formula is C90H68N6. The number of benzene rings is 13. The van der Waals surface area contributed by atoms with Gasteiger partial charge in [0.05, 0.1) is 22.4 Å². The minimum Gasteiger partial charge on any atom is -0.311 e. The third-order valence-electron chi connectivity index (χ3n) is 19.4. The second-order valence-corrected chi connectivity index (χ2v) is 25.7. The van der Waals surface area contributed by atoms with Crippen LogP contribution in [-0.2, 0) is 0 Å². The van der Waals surface area contributed by atoms with E-state index in [-0.39, 0.29) is 11.8 Å². The van der Waals surface area contributed by atoms with Crippen molar-refractivity contribution in [2.45, 2.75) is 39.5 Å². The Morgan fingerprint density at radius 2 is 0.438 bits per heavy atom. The van der Waals surface area contributed by atoms with Crippen LogP contribution in [0.4, 0.5) is 68.2 Å². The van der Waals surface area contributed by atoms with Crippen LogP contribution in [-0.4, -0.2) is 9.97 Å². The largest absolute Gasteiger partial charge is 0.311 e. The highest BCUT2D eigenvalue weighted by atomic mass is 15.2. The molecule has 0 saturated heterocycles. The maximum atomic E-state index is 5.47. The molecule has 6 heteroatoms. The highest BCUT2D eigenvalue weighted by Crippen LogP contribution is 2.57. The molecule has 0 aliphatic heterocycles. The SMILES string of the molecule is Cc1ccc(N(c2ccccc2)c2ccc(N(c3ccc(C)cc3)c3ccc(-c4ccc5cc6c(cc5n4)C4c5ccccc5C6c5cc6nc(-c7ccc(N(c8ccc(C)cc8)c8ccc(N(c9ccccc9)c9ccc(C)cc9)cc8)cc7)ccc6cc54)cc3)cc2)cc1. The molecule has 0 N–H and O–H groups in total. The van der Waals surface area contributed by atoms with Gasteiger partial charge >= 0.3 is 0 Å². The molecule has 15 aromatic rings. The monoisotopic (exact) mass is 1230 g/mol. The van der Waals surface area contributed by atoms with Gasteiger partial charge in [-0.05, 0) is 243 Å². The van der Waals surface area contributed by atoms with E-state index in [0.717, 1.165) is 113 Å². The molecule has 0 saturated carbocycles. The minimum absolute atomic E-state index is 0.0662. The number of nitrogens with zero attached hydrogens (tertiary/aromatic N) is 6. The fourth-order valence-electron chi connectivity index (χ4n) is 14.6. The van der Waals surface area contributed by atoms with Crippen LogP contribution in [0.25, 0.3) is 44.3 Å². The Hall–Kier alpha value is -12.1. The van der Waals surface area contributed by atoms with Gasteiger partial charge in [-0.15, -0.1) is 0 Å². The molecule has 2 bridgehead atoms. The summed E-state index contributed by atoms with van der Waals surface area (Å²) in [6.45, 7) is 8.54. The van der Waals surface area contributed by atoms with Crippen LogP contribution < -0.4 is 19.6 Å². The van der Waals surface area contributed by atoms with Crippen molar-refractivity contribution >= 4 is 90.1 Å². The summed E-state index contributed by atoms with van der Waals surface area (Å²) < 4.78 is 0. The summed E-state index contributed by atoms with van der Waals surface area (Å²) in [6, 6.07) is 119. The number of aryl methyl sites for hydroxylation is 4. The summed E-state index contributed by atoms with van der Waals surface area (Å²) in [5.74, 6) is 0.132. The van der Waals surface area contributed by atoms with Crippen molar-refractivity contribution in [3.8, 4) is 22.5 Å². The number of fused-ring (bicyclic) bond motifs is 2. The zero-order chi connectivity index (χ0) is 64.4. The van der Waals surface area contributed by atoms with Gasteiger partial charge in [-0.2, -0.15) is 0 Å². The average Bonchev–Trinajstić information content (AvgIpc) is 0.695. The first-order valence-corrected chi connectivity index (χ1v) is 33.2. The molecule has 13 aromatic carbocycles. The molecule has 0 spiro atoms. The van der Waals surface area contributed by atoms with Gasteiger partial charge in [0.15, 0.2) is 0 Å². The zero-order valence-electron chi connectivity index (χ0n) is 54.0. The molecule has 3 aliphatic carbocycles. The molecule has 6 nitrogen and oxygen atoms in total. The lowest BCUT2D eigenvalue weighted by Crippen LogP contribution is -2.27. The van der Waals surface area contributed by atoms with E-state index in [9.17, 15) is 0 Å². The van der Waals surface area contributed by atoms with Crippen molar-refractivity contribution in [2.75, 3.05) is 19.6 Å². The summed E-state index contributed by atoms with van der Waals surface area (Å²) in [5, 5.41) is 2.27. The topological polar surface area (TPSA) is 38.7 Å². The Labute approximate surface area is 561 Å². The summed E-state index contributed by atoms with van der Waals surface area (Å²) in [6.07, 6.45) is 0. The Morgan fingerprint density at radius 3 is 0.719 bits per heavy atom. The van der Waals surface area contributed by atoms with Crippen molar-refractivity contribution < 1.29 is 0 Å². The Balaban J connectivity index is 0.662. The predicted molar refractivity (Wildman–Crippen MR) is 400 cm³/mol. The van der Waals surface area contributed by atoms with Gasteiger partial charge in [-0.25, -0.2) is 9.97 Å². The van der Waals surface area contributed by atoms with E-state index in [1.165, 1.54) is 55.6 Å². The third kappa shape index (κ3) is 10.6. The summed E-state index contributed by atoms with van der Waals surface area (Å²) in [4.78, 5) is 20.2. The van der Waals surface area contributed by atoms with Crippen LogP contribution >= 0.6 is 0 Å². The van der Waals surface area contributed by atoms with Gasteiger partial charge in [0.25, 0.3) is 0 Å². The highest BCUT2D eigenvalue weighted by molar-refractivity contribution is 5.91. The van der Waals surface area contributed by atoms with Gasteiger partial charge in [-0.3, -0.25) is 0 Å². The molecule has 0 radical (unpaired) electrons. The lowest BCUT2D eigenvalue weighted by molar-refractivity contribution is 0.758. The van der Waals surface area contributed by atoms with Crippen molar-refractivity contribution in [1.29, 1.82) is 0 Å². The van der Waals surface area contributed by atoms with Gasteiger partial charge in [0.1, 0.15) is 0 Å². The van der Waals surface area contributed by atoms with Crippen LogP contribution in [0.3, 0.4) is 0 Å². The molecule has 3 aliphatic rings. The van der Waals surface area contributed by atoms with Crippen LogP contribution in [0.2, 0.25) is 0 Å². The number of hydrogen-bond donors (Lipinski definition) is 0. The Kier molecular flexibility index (Phi) is 14.5. The van der Waals surface area contributed by atoms with E-state index in [4.69, 9.17) is 9.97 Å². The second kappa shape index (κ2) is 24.1. The molecule has 96 heavy (non-hydrogen) atoms. The van der Waals surface area contributed by atoms with Crippen molar-refractivity contribution in [2.24, 2.45) is 0 Å². The van der Waals surface area contributed by atoms with Crippen LogP contribution in [0, 0.1) is 27.7 Å². The molecular weight excluding hydrogens is 1170 g/mol. The van der Waals surface area contributed by atoms with Gasteiger partial charge < -0.3 is 19.6 Å². The number of anilines is 12. The van der Waals surface area contributed by atoms with Gasteiger partial charge in [-0.1, -0.05) is 168 Å². The summed E-state index contributed by atoms with van der Waals surface area (Å²) in [7, 11) is 0. The van der Waals surface area contributed by atoms with E-state index < -0.39 is 0 Å². The van der Waals surface area contributed by atoms with Crippen molar-refractivity contribution in [3.63, 3.8) is 0 Å². The van der Waals surface area contributed by atoms with E-state index in [1.807, 2.05) is 0 Å². The lowest BCUT2D eigenvalue weighted by Gasteiger charge is -2.42. The first-order valence-electron chi connectivity index (χ1n) is 33.2. The second-order valence-electron chi connectivity index (χ2n) is 25.7. The standard InChI is InChI=1S/C90H68N6/c1-59-19-33-69(34-20-59)93(67-13-7-5-8-14-67)75-45-49-77(50-46-75)95(71-37-23-61(3)24-38-71)73-41-27-63(28-42-73)85-53-31-65-55-81-83(57-87(65)91-85)89-79-17-11-12-18-80(79)90(81)84-58-88-66(56-82(84)89)32-54-86(92-88)64-29-43-74(44-30-64)96(72-39-25-62(4)26-40-72)78-51-47-76(48-52-78)94(68-15-9-6-10-16-68)70-35-21-60(2)22-36-70/h5-58,89-90H,1-4H3. The molecule has 0 fully saturated rings. The fourth-order valence-corrected chi connectivity index (χ4v) is 14.6. The summed E-state index contributed by atoms with van der Waals surface area (Å²) in [5.41, 5.74) is 32.1. The van der Waals surface area contributed by atoms with Crippen molar-refractivity contribution in [1.82, 2.24) is 9.97 Å². The van der Waals surface area contributed by atoms with E-state index >= 15 is 0 Å². The normalized spacial score (nSPS) is 13.4. The lowest BCUT2D eigenvalue weighted by atomic mass is 9.61. The van der Waals surface area contributed by atoms with Crippen molar-refractivity contribution in [3.05, 3.63) is 383 Å². The predicted octanol–water partition coefficient (Wildman–Crippen LogP) is 24.2. The number of aromatic nitrogens is 2. The van der Waals surface area contributed by atoms with Gasteiger partial charge in [0, 0.05) is 102 Å². The minimum atomic E-state index is 0.0662. The molecule has 2 atom stereocenters. The summed E-state index contributed by atoms with van der Waals surface area (Å²) >= 11 is 0. The first-order chi connectivity index (χ1) is 47.2. The Bertz CT molecular complexity index is 5010. The number of hydrogen-bond acceptors (Lipinski definition) is 6. The molecule has 2 heterocycles. The number of pyridine rings is 2. The van der Waals surface area contributed by atoms with Crippen LogP contribution in [0.15, 0.2) is 328 Å². The highest BCUT2D eigenvalue weighted by Gasteiger charge is 2.42. The quantitative estimate of drug-likeness (QED) is 0.108. The van der Waals surface area contributed by atoms with E-state index in [2.05, 4.69) is 375 Å². The molecule has 2 unspecified atom stereocenters. The molecule has 458 valence electrons. The molecule has 18 rings (SSSR count). The molecule has 0 amide bonds. The average molecular weight is 1230 g/mol. The van der Waals surface area contributed by atoms with E-state index in [1.54, 1.807) is 0 Å². The van der Waals surface area contributed by atoms with Crippen LogP contribution in [0.5, 0.6) is 0 Å². The Morgan fingerprint density at radius 1 is 0.208 bits per heavy atom. The maximum absolute atomic E-state index is 5.47. The fraction of sp³-hybridized carbons (Fsp3) is 0.0667. The smallest absolute Gasteiger partial charge is 0.0712 e. The maximum Gasteiger partial charge on any atom is 0.0712 e. The van der Waals surface area contributed by atoms with Crippen LogP contribution in [0.1, 0.15) is 67.5 Å². The zero-order valence-corrected chi connectivity index (χ0v) is 54.0.